The van der Waals surface area contributed by atoms with Gasteiger partial charge in [-0.1, -0.05) is 13.0 Å². The highest BCUT2D eigenvalue weighted by Gasteiger charge is 2.22. The number of cyclic esters (lactones) is 1. The summed E-state index contributed by atoms with van der Waals surface area (Å²) < 4.78 is 4.84. The van der Waals surface area contributed by atoms with Crippen LogP contribution in [0.15, 0.2) is 11.6 Å². The van der Waals surface area contributed by atoms with Crippen molar-refractivity contribution in [2.24, 2.45) is 5.92 Å². The van der Waals surface area contributed by atoms with Gasteiger partial charge >= 0.3 is 5.97 Å². The van der Waals surface area contributed by atoms with Gasteiger partial charge in [0.25, 0.3) is 0 Å². The molecule has 1 atom stereocenters. The third-order valence-electron chi connectivity index (χ3n) is 1.86. The first-order valence-electron chi connectivity index (χ1n) is 3.59. The minimum absolute atomic E-state index is 0.138. The van der Waals surface area contributed by atoms with Crippen molar-refractivity contribution in [3.63, 3.8) is 0 Å². The Bertz CT molecular complexity index is 170. The second kappa shape index (κ2) is 2.86. The van der Waals surface area contributed by atoms with Gasteiger partial charge in [-0.05, 0) is 19.3 Å². The van der Waals surface area contributed by atoms with Gasteiger partial charge in [-0.15, -0.1) is 0 Å². The molecular formula is C8H12O2. The van der Waals surface area contributed by atoms with Gasteiger partial charge in [-0.3, -0.25) is 0 Å². The quantitative estimate of drug-likeness (QED) is 0.376. The molecular weight excluding hydrogens is 128 g/mol. The second-order valence-corrected chi connectivity index (χ2v) is 2.57. The fourth-order valence-electron chi connectivity index (χ4n) is 1.17. The van der Waals surface area contributed by atoms with Gasteiger partial charge in [-0.2, -0.15) is 0 Å². The van der Waals surface area contributed by atoms with E-state index in [0.717, 1.165) is 12.0 Å². The van der Waals surface area contributed by atoms with Crippen LogP contribution in [0, 0.1) is 5.92 Å². The summed E-state index contributed by atoms with van der Waals surface area (Å²) in [5.41, 5.74) is 0.825. The average molecular weight is 140 g/mol. The van der Waals surface area contributed by atoms with E-state index >= 15 is 0 Å². The van der Waals surface area contributed by atoms with Crippen molar-refractivity contribution >= 4 is 5.97 Å². The monoisotopic (exact) mass is 140 g/mol. The molecule has 1 aliphatic heterocycles. The molecule has 1 rings (SSSR count). The van der Waals surface area contributed by atoms with E-state index in [0.29, 0.717) is 12.5 Å². The number of carbonyl (C=O) groups is 1. The molecule has 1 heterocycles. The topological polar surface area (TPSA) is 26.3 Å². The van der Waals surface area contributed by atoms with Gasteiger partial charge in [0.05, 0.1) is 6.61 Å². The van der Waals surface area contributed by atoms with Crippen molar-refractivity contribution in [2.45, 2.75) is 20.3 Å². The number of carbonyl (C=O) groups excluding carboxylic acids is 1. The van der Waals surface area contributed by atoms with E-state index in [1.54, 1.807) is 0 Å². The molecule has 1 aliphatic rings. The summed E-state index contributed by atoms with van der Waals surface area (Å²) >= 11 is 0. The van der Waals surface area contributed by atoms with E-state index in [1.807, 2.05) is 13.0 Å². The van der Waals surface area contributed by atoms with Crippen LogP contribution >= 0.6 is 0 Å². The SMILES string of the molecule is C/C=C1/C(=O)OCC[C@@H]1C. The first-order chi connectivity index (χ1) is 4.75. The van der Waals surface area contributed by atoms with Crippen LogP contribution < -0.4 is 0 Å². The molecule has 1 saturated heterocycles. The maximum atomic E-state index is 10.9. The van der Waals surface area contributed by atoms with Gasteiger partial charge in [0.2, 0.25) is 0 Å². The molecule has 1 fully saturated rings. The number of esters is 1. The van der Waals surface area contributed by atoms with E-state index in [9.17, 15) is 4.79 Å². The van der Waals surface area contributed by atoms with E-state index in [-0.39, 0.29) is 5.97 Å². The Labute approximate surface area is 60.9 Å². The first-order valence-corrected chi connectivity index (χ1v) is 3.59. The Hall–Kier alpha value is -0.790. The largest absolute Gasteiger partial charge is 0.462 e. The van der Waals surface area contributed by atoms with Crippen molar-refractivity contribution < 1.29 is 9.53 Å². The van der Waals surface area contributed by atoms with E-state index in [4.69, 9.17) is 4.74 Å². The Morgan fingerprint density at radius 3 is 2.80 bits per heavy atom. The zero-order valence-corrected chi connectivity index (χ0v) is 6.39. The molecule has 0 aromatic carbocycles. The summed E-state index contributed by atoms with van der Waals surface area (Å²) in [5.74, 6) is 0.243. The highest BCUT2D eigenvalue weighted by atomic mass is 16.5. The average Bonchev–Trinajstić information content (AvgIpc) is 1.88. The molecule has 0 saturated carbocycles. The number of ether oxygens (including phenoxy) is 1. The van der Waals surface area contributed by atoms with Crippen molar-refractivity contribution in [2.75, 3.05) is 6.61 Å². The highest BCUT2D eigenvalue weighted by molar-refractivity contribution is 5.89. The number of hydrogen-bond acceptors (Lipinski definition) is 2. The van der Waals surface area contributed by atoms with Crippen LogP contribution in [0.3, 0.4) is 0 Å². The number of rotatable bonds is 0. The lowest BCUT2D eigenvalue weighted by Crippen LogP contribution is -2.22. The van der Waals surface area contributed by atoms with Crippen LogP contribution in [0.25, 0.3) is 0 Å². The van der Waals surface area contributed by atoms with Crippen LogP contribution in [0.4, 0.5) is 0 Å². The van der Waals surface area contributed by atoms with Crippen LogP contribution in [0.5, 0.6) is 0 Å². The van der Waals surface area contributed by atoms with Crippen LogP contribution in [-0.4, -0.2) is 12.6 Å². The Morgan fingerprint density at radius 1 is 1.70 bits per heavy atom. The third-order valence-corrected chi connectivity index (χ3v) is 1.86. The Kier molecular flexibility index (Phi) is 2.10. The molecule has 56 valence electrons. The molecule has 0 amide bonds. The van der Waals surface area contributed by atoms with Crippen molar-refractivity contribution in [3.8, 4) is 0 Å². The fourth-order valence-corrected chi connectivity index (χ4v) is 1.17. The summed E-state index contributed by atoms with van der Waals surface area (Å²) in [6, 6.07) is 0. The third kappa shape index (κ3) is 1.20. The summed E-state index contributed by atoms with van der Waals surface area (Å²) in [7, 11) is 0. The summed E-state index contributed by atoms with van der Waals surface area (Å²) in [6.45, 7) is 4.51. The van der Waals surface area contributed by atoms with Gasteiger partial charge < -0.3 is 4.74 Å². The predicted molar refractivity (Wildman–Crippen MR) is 38.5 cm³/mol. The maximum Gasteiger partial charge on any atom is 0.333 e. The van der Waals surface area contributed by atoms with E-state index in [2.05, 4.69) is 6.92 Å². The summed E-state index contributed by atoms with van der Waals surface area (Å²) in [4.78, 5) is 10.9. The molecule has 0 aromatic heterocycles. The predicted octanol–water partition coefficient (Wildman–Crippen LogP) is 1.52. The molecule has 0 aromatic rings. The lowest BCUT2D eigenvalue weighted by Gasteiger charge is -2.20. The van der Waals surface area contributed by atoms with Crippen molar-refractivity contribution in [1.29, 1.82) is 0 Å². The Morgan fingerprint density at radius 2 is 2.40 bits per heavy atom. The van der Waals surface area contributed by atoms with Gasteiger partial charge in [0.1, 0.15) is 0 Å². The van der Waals surface area contributed by atoms with Gasteiger partial charge in [0, 0.05) is 5.57 Å². The maximum absolute atomic E-state index is 10.9. The van der Waals surface area contributed by atoms with Crippen molar-refractivity contribution in [1.82, 2.24) is 0 Å². The normalized spacial score (nSPS) is 30.4. The molecule has 0 radical (unpaired) electrons. The molecule has 0 unspecified atom stereocenters. The summed E-state index contributed by atoms with van der Waals surface area (Å²) in [6.07, 6.45) is 2.80. The molecule has 0 aliphatic carbocycles. The molecule has 0 N–H and O–H groups in total. The second-order valence-electron chi connectivity index (χ2n) is 2.57. The smallest absolute Gasteiger partial charge is 0.333 e. The summed E-state index contributed by atoms with van der Waals surface area (Å²) in [5, 5.41) is 0. The van der Waals surface area contributed by atoms with Gasteiger partial charge in [-0.25, -0.2) is 4.79 Å². The lowest BCUT2D eigenvalue weighted by atomic mass is 9.96. The fraction of sp³-hybridized carbons (Fsp3) is 0.625. The minimum Gasteiger partial charge on any atom is -0.462 e. The lowest BCUT2D eigenvalue weighted by molar-refractivity contribution is -0.142. The zero-order chi connectivity index (χ0) is 7.56. The minimum atomic E-state index is -0.138. The molecule has 0 spiro atoms. The van der Waals surface area contributed by atoms with Crippen LogP contribution in [0.1, 0.15) is 20.3 Å². The highest BCUT2D eigenvalue weighted by Crippen LogP contribution is 2.20. The number of hydrogen-bond donors (Lipinski definition) is 0. The standard InChI is InChI=1S/C8H12O2/c1-3-7-6(2)4-5-10-8(7)9/h3,6H,4-5H2,1-2H3/b7-3+/t6-/m0/s1. The van der Waals surface area contributed by atoms with E-state index < -0.39 is 0 Å². The zero-order valence-electron chi connectivity index (χ0n) is 6.39. The van der Waals surface area contributed by atoms with Crippen LogP contribution in [-0.2, 0) is 9.53 Å². The molecule has 10 heavy (non-hydrogen) atoms. The van der Waals surface area contributed by atoms with Crippen LogP contribution in [0.2, 0.25) is 0 Å². The van der Waals surface area contributed by atoms with E-state index in [1.165, 1.54) is 0 Å². The van der Waals surface area contributed by atoms with Crippen molar-refractivity contribution in [3.05, 3.63) is 11.6 Å². The first kappa shape index (κ1) is 7.32. The molecule has 2 nitrogen and oxygen atoms in total. The molecule has 0 bridgehead atoms. The Balaban J connectivity index is 2.73. The van der Waals surface area contributed by atoms with Gasteiger partial charge in [0.15, 0.2) is 0 Å². The number of allylic oxidation sites excluding steroid dienone is 1. The molecule has 2 heteroatoms.